The zero-order valence-electron chi connectivity index (χ0n) is 17.3. The first-order valence-electron chi connectivity index (χ1n) is 10.2. The number of anilines is 1. The number of carbonyl (C=O) groups excluding carboxylic acids is 1. The summed E-state index contributed by atoms with van der Waals surface area (Å²) in [5.74, 6) is 0.787. The minimum atomic E-state index is -0.533. The molecule has 1 atom stereocenters. The number of nitrogens with one attached hydrogen (secondary N) is 1. The molecular formula is C23H31N3O3. The molecule has 0 bridgehead atoms. The van der Waals surface area contributed by atoms with Crippen LogP contribution in [-0.4, -0.2) is 72.8 Å². The normalized spacial score (nSPS) is 16.4. The first kappa shape index (κ1) is 21.3. The number of hydrogen-bond acceptors (Lipinski definition) is 5. The number of piperazine rings is 1. The van der Waals surface area contributed by atoms with Crippen molar-refractivity contribution in [2.45, 2.75) is 20.0 Å². The predicted molar refractivity (Wildman–Crippen MR) is 115 cm³/mol. The maximum Gasteiger partial charge on any atom is 0.238 e. The topological polar surface area (TPSA) is 65.0 Å². The third kappa shape index (κ3) is 6.85. The summed E-state index contributed by atoms with van der Waals surface area (Å²) in [5.41, 5.74) is 3.09. The van der Waals surface area contributed by atoms with Gasteiger partial charge in [-0.1, -0.05) is 30.3 Å². The van der Waals surface area contributed by atoms with Gasteiger partial charge in [0.2, 0.25) is 5.91 Å². The van der Waals surface area contributed by atoms with E-state index >= 15 is 0 Å². The van der Waals surface area contributed by atoms with Gasteiger partial charge in [-0.2, -0.15) is 0 Å². The number of benzene rings is 2. The minimum absolute atomic E-state index is 0.0171. The van der Waals surface area contributed by atoms with Gasteiger partial charge in [0.1, 0.15) is 18.5 Å². The van der Waals surface area contributed by atoms with Crippen molar-refractivity contribution < 1.29 is 14.6 Å². The van der Waals surface area contributed by atoms with Crippen molar-refractivity contribution in [2.24, 2.45) is 0 Å². The molecule has 6 heteroatoms. The molecule has 1 amide bonds. The van der Waals surface area contributed by atoms with Gasteiger partial charge in [-0.05, 0) is 43.2 Å². The highest BCUT2D eigenvalue weighted by atomic mass is 16.5. The van der Waals surface area contributed by atoms with Crippen molar-refractivity contribution in [3.05, 3.63) is 59.7 Å². The van der Waals surface area contributed by atoms with Crippen molar-refractivity contribution in [3.63, 3.8) is 0 Å². The van der Waals surface area contributed by atoms with Gasteiger partial charge in [-0.3, -0.25) is 14.6 Å². The van der Waals surface area contributed by atoms with Crippen molar-refractivity contribution in [1.82, 2.24) is 9.80 Å². The fraction of sp³-hybridized carbons (Fsp3) is 0.435. The van der Waals surface area contributed by atoms with Gasteiger partial charge in [-0.15, -0.1) is 0 Å². The van der Waals surface area contributed by atoms with Crippen LogP contribution in [0.4, 0.5) is 5.69 Å². The van der Waals surface area contributed by atoms with Gasteiger partial charge in [0.15, 0.2) is 0 Å². The van der Waals surface area contributed by atoms with Crippen LogP contribution in [0.1, 0.15) is 11.1 Å². The predicted octanol–water partition coefficient (Wildman–Crippen LogP) is 2.30. The standard InChI is InChI=1S/C23H31N3O3/c1-18-8-9-19(2)22(14-18)24-23(28)16-26-12-10-25(11-13-26)15-20(27)17-29-21-6-4-3-5-7-21/h3-9,14,20,27H,10-13,15-17H2,1-2H3,(H,24,28). The maximum absolute atomic E-state index is 12.4. The number of hydrogen-bond donors (Lipinski definition) is 2. The first-order valence-corrected chi connectivity index (χ1v) is 10.2. The molecule has 1 aliphatic heterocycles. The Bertz CT molecular complexity index is 789. The minimum Gasteiger partial charge on any atom is -0.491 e. The summed E-state index contributed by atoms with van der Waals surface area (Å²) in [6.07, 6.45) is -0.533. The number of amides is 1. The number of para-hydroxylation sites is 1. The van der Waals surface area contributed by atoms with E-state index in [2.05, 4.69) is 15.1 Å². The van der Waals surface area contributed by atoms with Crippen LogP contribution in [0.2, 0.25) is 0 Å². The fourth-order valence-electron chi connectivity index (χ4n) is 3.45. The Balaban J connectivity index is 1.36. The Morgan fingerprint density at radius 1 is 1.07 bits per heavy atom. The highest BCUT2D eigenvalue weighted by Gasteiger charge is 2.21. The Labute approximate surface area is 173 Å². The number of aliphatic hydroxyl groups excluding tert-OH is 1. The monoisotopic (exact) mass is 397 g/mol. The Hall–Kier alpha value is -2.41. The zero-order chi connectivity index (χ0) is 20.6. The summed E-state index contributed by atoms with van der Waals surface area (Å²) in [4.78, 5) is 16.8. The number of carbonyl (C=O) groups is 1. The van der Waals surface area contributed by atoms with Crippen molar-refractivity contribution in [2.75, 3.05) is 51.2 Å². The lowest BCUT2D eigenvalue weighted by Crippen LogP contribution is -2.50. The summed E-state index contributed by atoms with van der Waals surface area (Å²) in [5, 5.41) is 13.3. The third-order valence-corrected chi connectivity index (χ3v) is 5.15. The number of ether oxygens (including phenoxy) is 1. The molecule has 1 saturated heterocycles. The summed E-state index contributed by atoms with van der Waals surface area (Å²) in [6.45, 7) is 8.56. The van der Waals surface area contributed by atoms with Gasteiger partial charge < -0.3 is 15.2 Å². The largest absolute Gasteiger partial charge is 0.491 e. The van der Waals surface area contributed by atoms with Gasteiger partial charge in [0, 0.05) is 38.4 Å². The molecule has 3 rings (SSSR count). The second-order valence-electron chi connectivity index (χ2n) is 7.72. The third-order valence-electron chi connectivity index (χ3n) is 5.15. The molecule has 1 unspecified atom stereocenters. The fourth-order valence-corrected chi connectivity index (χ4v) is 3.45. The van der Waals surface area contributed by atoms with E-state index in [1.165, 1.54) is 0 Å². The number of rotatable bonds is 8. The molecule has 0 spiro atoms. The number of β-amino-alcohol motifs (C(OH)–C–C–N with tert-alkyl or cyclic N) is 1. The number of aliphatic hydroxyl groups is 1. The van der Waals surface area contributed by atoms with E-state index in [1.54, 1.807) is 0 Å². The summed E-state index contributed by atoms with van der Waals surface area (Å²) < 4.78 is 5.62. The highest BCUT2D eigenvalue weighted by molar-refractivity contribution is 5.93. The van der Waals surface area contributed by atoms with E-state index in [-0.39, 0.29) is 12.5 Å². The molecular weight excluding hydrogens is 366 g/mol. The molecule has 156 valence electrons. The van der Waals surface area contributed by atoms with Crippen LogP contribution in [0.5, 0.6) is 5.75 Å². The van der Waals surface area contributed by atoms with Crippen LogP contribution in [0.3, 0.4) is 0 Å². The molecule has 0 aliphatic carbocycles. The van der Waals surface area contributed by atoms with Crippen LogP contribution in [-0.2, 0) is 4.79 Å². The molecule has 0 radical (unpaired) electrons. The Morgan fingerprint density at radius 2 is 1.76 bits per heavy atom. The van der Waals surface area contributed by atoms with E-state index in [9.17, 15) is 9.90 Å². The molecule has 6 nitrogen and oxygen atoms in total. The smallest absolute Gasteiger partial charge is 0.238 e. The average Bonchev–Trinajstić information content (AvgIpc) is 2.71. The second kappa shape index (κ2) is 10.4. The lowest BCUT2D eigenvalue weighted by atomic mass is 10.1. The molecule has 1 heterocycles. The summed E-state index contributed by atoms with van der Waals surface area (Å²) >= 11 is 0. The summed E-state index contributed by atoms with van der Waals surface area (Å²) in [6, 6.07) is 15.6. The van der Waals surface area contributed by atoms with Gasteiger partial charge in [-0.25, -0.2) is 0 Å². The van der Waals surface area contributed by atoms with E-state index in [0.717, 1.165) is 48.7 Å². The van der Waals surface area contributed by atoms with E-state index < -0.39 is 6.10 Å². The van der Waals surface area contributed by atoms with Crippen LogP contribution < -0.4 is 10.1 Å². The second-order valence-corrected chi connectivity index (χ2v) is 7.72. The quantitative estimate of drug-likeness (QED) is 0.716. The van der Waals surface area contributed by atoms with Crippen LogP contribution in [0.25, 0.3) is 0 Å². The van der Waals surface area contributed by atoms with Gasteiger partial charge in [0.05, 0.1) is 6.54 Å². The molecule has 1 aliphatic rings. The van der Waals surface area contributed by atoms with Crippen LogP contribution in [0, 0.1) is 13.8 Å². The number of aryl methyl sites for hydroxylation is 2. The van der Waals surface area contributed by atoms with Crippen LogP contribution >= 0.6 is 0 Å². The Kier molecular flexibility index (Phi) is 7.63. The van der Waals surface area contributed by atoms with E-state index in [1.807, 2.05) is 62.4 Å². The summed E-state index contributed by atoms with van der Waals surface area (Å²) in [7, 11) is 0. The van der Waals surface area contributed by atoms with Gasteiger partial charge >= 0.3 is 0 Å². The van der Waals surface area contributed by atoms with Gasteiger partial charge in [0.25, 0.3) is 0 Å². The number of nitrogens with zero attached hydrogens (tertiary/aromatic N) is 2. The Morgan fingerprint density at radius 3 is 2.48 bits per heavy atom. The van der Waals surface area contributed by atoms with E-state index in [4.69, 9.17) is 4.74 Å². The molecule has 0 saturated carbocycles. The zero-order valence-corrected chi connectivity index (χ0v) is 17.3. The van der Waals surface area contributed by atoms with Crippen molar-refractivity contribution >= 4 is 11.6 Å². The van der Waals surface area contributed by atoms with Crippen molar-refractivity contribution in [3.8, 4) is 5.75 Å². The molecule has 0 aromatic heterocycles. The molecule has 2 aromatic rings. The van der Waals surface area contributed by atoms with Crippen LogP contribution in [0.15, 0.2) is 48.5 Å². The molecule has 2 aromatic carbocycles. The van der Waals surface area contributed by atoms with Crippen molar-refractivity contribution in [1.29, 1.82) is 0 Å². The average molecular weight is 398 g/mol. The molecule has 2 N–H and O–H groups in total. The first-order chi connectivity index (χ1) is 14.0. The SMILES string of the molecule is Cc1ccc(C)c(NC(=O)CN2CCN(CC(O)COc3ccccc3)CC2)c1. The molecule has 29 heavy (non-hydrogen) atoms. The van der Waals surface area contributed by atoms with E-state index in [0.29, 0.717) is 13.1 Å². The molecule has 1 fully saturated rings. The lowest BCUT2D eigenvalue weighted by Gasteiger charge is -2.35. The highest BCUT2D eigenvalue weighted by Crippen LogP contribution is 2.16. The maximum atomic E-state index is 12.4. The lowest BCUT2D eigenvalue weighted by molar-refractivity contribution is -0.117.